The van der Waals surface area contributed by atoms with Crippen LogP contribution in [0.3, 0.4) is 0 Å². The first kappa shape index (κ1) is 16.7. The van der Waals surface area contributed by atoms with Crippen LogP contribution in [0.1, 0.15) is 5.56 Å². The highest BCUT2D eigenvalue weighted by molar-refractivity contribution is 7.93. The lowest BCUT2D eigenvalue weighted by atomic mass is 10.2. The fourth-order valence-corrected chi connectivity index (χ4v) is 3.89. The molecule has 0 heterocycles. The van der Waals surface area contributed by atoms with Crippen molar-refractivity contribution >= 4 is 21.4 Å². The Morgan fingerprint density at radius 3 is 2.39 bits per heavy atom. The SMILES string of the molecule is C=CCN(c1ccccc1C)S(=O)(=O)c1ccccc1[N+](=O)[O-]. The van der Waals surface area contributed by atoms with Crippen LogP contribution in [0, 0.1) is 17.0 Å². The Balaban J connectivity index is 2.66. The summed E-state index contributed by atoms with van der Waals surface area (Å²) in [5.41, 5.74) is 0.761. The summed E-state index contributed by atoms with van der Waals surface area (Å²) in [5.74, 6) is 0. The van der Waals surface area contributed by atoms with Gasteiger partial charge in [0, 0.05) is 6.07 Å². The zero-order valence-electron chi connectivity index (χ0n) is 12.5. The van der Waals surface area contributed by atoms with Crippen molar-refractivity contribution < 1.29 is 13.3 Å². The van der Waals surface area contributed by atoms with Crippen LogP contribution in [0.2, 0.25) is 0 Å². The van der Waals surface area contributed by atoms with Gasteiger partial charge in [0.2, 0.25) is 0 Å². The van der Waals surface area contributed by atoms with Gasteiger partial charge in [0.05, 0.1) is 17.2 Å². The number of sulfonamides is 1. The fourth-order valence-electron chi connectivity index (χ4n) is 2.23. The summed E-state index contributed by atoms with van der Waals surface area (Å²) in [7, 11) is -4.09. The molecule has 7 heteroatoms. The third-order valence-electron chi connectivity index (χ3n) is 3.31. The van der Waals surface area contributed by atoms with Crippen molar-refractivity contribution in [1.82, 2.24) is 0 Å². The van der Waals surface area contributed by atoms with E-state index in [1.165, 1.54) is 30.3 Å². The molecule has 0 radical (unpaired) electrons. The maximum atomic E-state index is 13.0. The third-order valence-corrected chi connectivity index (χ3v) is 5.14. The number of nitro benzene ring substituents is 1. The van der Waals surface area contributed by atoms with Gasteiger partial charge in [0.1, 0.15) is 0 Å². The van der Waals surface area contributed by atoms with E-state index in [1.54, 1.807) is 31.2 Å². The zero-order valence-corrected chi connectivity index (χ0v) is 13.4. The molecule has 23 heavy (non-hydrogen) atoms. The lowest BCUT2D eigenvalue weighted by Gasteiger charge is -2.24. The largest absolute Gasteiger partial charge is 0.289 e. The Morgan fingerprint density at radius 1 is 1.17 bits per heavy atom. The molecule has 120 valence electrons. The summed E-state index contributed by atoms with van der Waals surface area (Å²) >= 11 is 0. The van der Waals surface area contributed by atoms with Crippen LogP contribution in [-0.2, 0) is 10.0 Å². The van der Waals surface area contributed by atoms with E-state index in [0.717, 1.165) is 9.87 Å². The average Bonchev–Trinajstić information content (AvgIpc) is 2.53. The number of nitro groups is 1. The standard InChI is InChI=1S/C16H16N2O4S/c1-3-12-17(14-9-5-4-8-13(14)2)23(21,22)16-11-7-6-10-15(16)18(19)20/h3-11H,1,12H2,2H3. The van der Waals surface area contributed by atoms with Gasteiger partial charge in [0.15, 0.2) is 4.90 Å². The van der Waals surface area contributed by atoms with Crippen LogP contribution in [0.5, 0.6) is 0 Å². The average molecular weight is 332 g/mol. The van der Waals surface area contributed by atoms with Crippen molar-refractivity contribution in [1.29, 1.82) is 0 Å². The minimum absolute atomic E-state index is 0.0131. The van der Waals surface area contributed by atoms with Gasteiger partial charge in [-0.2, -0.15) is 0 Å². The molecule has 0 N–H and O–H groups in total. The normalized spacial score (nSPS) is 11.0. The second-order valence-electron chi connectivity index (χ2n) is 4.84. The molecule has 0 spiro atoms. The molecule has 2 rings (SSSR count). The molecule has 2 aromatic carbocycles. The number of aryl methyl sites for hydroxylation is 1. The van der Waals surface area contributed by atoms with Crippen LogP contribution < -0.4 is 4.31 Å². The van der Waals surface area contributed by atoms with E-state index >= 15 is 0 Å². The van der Waals surface area contributed by atoms with Gasteiger partial charge in [-0.3, -0.25) is 14.4 Å². The van der Waals surface area contributed by atoms with Crippen molar-refractivity contribution in [2.24, 2.45) is 0 Å². The summed E-state index contributed by atoms with van der Waals surface area (Å²) in [5, 5.41) is 11.2. The summed E-state index contributed by atoms with van der Waals surface area (Å²) < 4.78 is 27.1. The fraction of sp³-hybridized carbons (Fsp3) is 0.125. The smallest absolute Gasteiger partial charge is 0.262 e. The number of rotatable bonds is 6. The van der Waals surface area contributed by atoms with Crippen molar-refractivity contribution in [2.45, 2.75) is 11.8 Å². The van der Waals surface area contributed by atoms with Crippen molar-refractivity contribution in [3.8, 4) is 0 Å². The molecule has 0 amide bonds. The van der Waals surface area contributed by atoms with Crippen molar-refractivity contribution in [2.75, 3.05) is 10.8 Å². The van der Waals surface area contributed by atoms with Gasteiger partial charge in [0.25, 0.3) is 15.7 Å². The van der Waals surface area contributed by atoms with Crippen molar-refractivity contribution in [3.63, 3.8) is 0 Å². The predicted octanol–water partition coefficient (Wildman–Crippen LogP) is 3.28. The second kappa shape index (κ2) is 6.62. The van der Waals surface area contributed by atoms with E-state index in [2.05, 4.69) is 6.58 Å². The van der Waals surface area contributed by atoms with E-state index in [1.807, 2.05) is 0 Å². The van der Waals surface area contributed by atoms with Gasteiger partial charge in [-0.15, -0.1) is 6.58 Å². The van der Waals surface area contributed by atoms with Crippen LogP contribution in [0.25, 0.3) is 0 Å². The number of anilines is 1. The molecule has 6 nitrogen and oxygen atoms in total. The molecule has 0 saturated carbocycles. The molecular formula is C16H16N2O4S. The number of hydrogen-bond donors (Lipinski definition) is 0. The molecular weight excluding hydrogens is 316 g/mol. The Labute approximate surface area is 134 Å². The first-order chi connectivity index (χ1) is 10.9. The van der Waals surface area contributed by atoms with Crippen LogP contribution in [0.4, 0.5) is 11.4 Å². The summed E-state index contributed by atoms with van der Waals surface area (Å²) in [6.07, 6.45) is 1.44. The number of benzene rings is 2. The molecule has 0 bridgehead atoms. The van der Waals surface area contributed by atoms with Crippen molar-refractivity contribution in [3.05, 3.63) is 76.9 Å². The van der Waals surface area contributed by atoms with Crippen LogP contribution in [0.15, 0.2) is 66.1 Å². The molecule has 0 saturated heterocycles. The number of para-hydroxylation sites is 2. The summed E-state index contributed by atoms with van der Waals surface area (Å²) in [6.45, 7) is 5.37. The number of hydrogen-bond acceptors (Lipinski definition) is 4. The van der Waals surface area contributed by atoms with E-state index in [4.69, 9.17) is 0 Å². The van der Waals surface area contributed by atoms with Gasteiger partial charge in [-0.05, 0) is 24.6 Å². The van der Waals surface area contributed by atoms with E-state index in [-0.39, 0.29) is 11.4 Å². The first-order valence-corrected chi connectivity index (χ1v) is 8.26. The quantitative estimate of drug-likeness (QED) is 0.462. The molecule has 0 aliphatic carbocycles. The number of nitrogens with zero attached hydrogens (tertiary/aromatic N) is 2. The first-order valence-electron chi connectivity index (χ1n) is 6.82. The summed E-state index contributed by atoms with van der Waals surface area (Å²) in [4.78, 5) is 10.1. The Hall–Kier alpha value is -2.67. The van der Waals surface area contributed by atoms with Gasteiger partial charge in [-0.1, -0.05) is 36.4 Å². The molecule has 0 unspecified atom stereocenters. The zero-order chi connectivity index (χ0) is 17.0. The molecule has 0 fully saturated rings. The molecule has 0 aromatic heterocycles. The Kier molecular flexibility index (Phi) is 4.80. The monoisotopic (exact) mass is 332 g/mol. The van der Waals surface area contributed by atoms with E-state index in [0.29, 0.717) is 5.69 Å². The van der Waals surface area contributed by atoms with E-state index in [9.17, 15) is 18.5 Å². The lowest BCUT2D eigenvalue weighted by Crippen LogP contribution is -2.32. The highest BCUT2D eigenvalue weighted by Crippen LogP contribution is 2.31. The molecule has 0 aliphatic heterocycles. The minimum Gasteiger partial charge on any atom is -0.262 e. The third kappa shape index (κ3) is 3.24. The maximum Gasteiger partial charge on any atom is 0.289 e. The van der Waals surface area contributed by atoms with E-state index < -0.39 is 20.6 Å². The van der Waals surface area contributed by atoms with Crippen LogP contribution in [-0.4, -0.2) is 19.9 Å². The Morgan fingerprint density at radius 2 is 1.78 bits per heavy atom. The highest BCUT2D eigenvalue weighted by Gasteiger charge is 2.31. The predicted molar refractivity (Wildman–Crippen MR) is 89.0 cm³/mol. The highest BCUT2D eigenvalue weighted by atomic mass is 32.2. The molecule has 0 atom stereocenters. The molecule has 2 aromatic rings. The Bertz CT molecular complexity index is 847. The van der Waals surface area contributed by atoms with Crippen LogP contribution >= 0.6 is 0 Å². The van der Waals surface area contributed by atoms with Gasteiger partial charge in [-0.25, -0.2) is 8.42 Å². The summed E-state index contributed by atoms with van der Waals surface area (Å²) in [6, 6.07) is 12.3. The second-order valence-corrected chi connectivity index (χ2v) is 6.67. The maximum absolute atomic E-state index is 13.0. The minimum atomic E-state index is -4.09. The topological polar surface area (TPSA) is 80.5 Å². The molecule has 0 aliphatic rings. The van der Waals surface area contributed by atoms with Gasteiger partial charge < -0.3 is 0 Å². The lowest BCUT2D eigenvalue weighted by molar-refractivity contribution is -0.387. The van der Waals surface area contributed by atoms with Gasteiger partial charge >= 0.3 is 0 Å².